The van der Waals surface area contributed by atoms with Gasteiger partial charge in [0.25, 0.3) is 0 Å². The molecule has 2 heterocycles. The van der Waals surface area contributed by atoms with Crippen LogP contribution in [-0.2, 0) is 11.2 Å². The molecule has 0 aliphatic carbocycles. The molecule has 1 N–H and O–H groups in total. The van der Waals surface area contributed by atoms with Crippen molar-refractivity contribution in [1.29, 1.82) is 0 Å². The van der Waals surface area contributed by atoms with E-state index in [4.69, 9.17) is 19.2 Å². The maximum Gasteiger partial charge on any atom is 0.230 e. The number of aryl methyl sites for hydroxylation is 1. The third kappa shape index (κ3) is 4.20. The molecule has 7 nitrogen and oxygen atoms in total. The average molecular weight is 438 g/mol. The van der Waals surface area contributed by atoms with Crippen LogP contribution in [0.3, 0.4) is 0 Å². The van der Waals surface area contributed by atoms with Crippen molar-refractivity contribution in [2.45, 2.75) is 13.3 Å². The number of anilines is 1. The molecule has 0 fully saturated rings. The quantitative estimate of drug-likeness (QED) is 0.458. The summed E-state index contributed by atoms with van der Waals surface area (Å²) in [6, 6.07) is 11.3. The molecule has 0 atom stereocenters. The molecule has 0 aliphatic heterocycles. The molecule has 0 saturated carbocycles. The van der Waals surface area contributed by atoms with Gasteiger partial charge >= 0.3 is 0 Å². The van der Waals surface area contributed by atoms with Crippen LogP contribution < -0.4 is 19.5 Å². The first-order valence-corrected chi connectivity index (χ1v) is 10.5. The van der Waals surface area contributed by atoms with Gasteiger partial charge in [-0.05, 0) is 42.8 Å². The van der Waals surface area contributed by atoms with Gasteiger partial charge in [-0.3, -0.25) is 9.20 Å². The highest BCUT2D eigenvalue weighted by molar-refractivity contribution is 7.15. The first kappa shape index (κ1) is 20.7. The van der Waals surface area contributed by atoms with Crippen LogP contribution >= 0.6 is 11.3 Å². The molecule has 0 unspecified atom stereocenters. The van der Waals surface area contributed by atoms with Gasteiger partial charge in [0.2, 0.25) is 5.91 Å². The Labute approximate surface area is 184 Å². The second kappa shape index (κ2) is 8.69. The third-order valence-corrected chi connectivity index (χ3v) is 5.83. The minimum atomic E-state index is -0.127. The Bertz CT molecular complexity index is 1250. The van der Waals surface area contributed by atoms with Crippen molar-refractivity contribution >= 4 is 27.9 Å². The van der Waals surface area contributed by atoms with Crippen LogP contribution in [-0.4, -0.2) is 36.6 Å². The van der Waals surface area contributed by atoms with E-state index in [1.165, 1.54) is 11.3 Å². The lowest BCUT2D eigenvalue weighted by atomic mass is 10.1. The van der Waals surface area contributed by atoms with Gasteiger partial charge in [0.1, 0.15) is 17.2 Å². The van der Waals surface area contributed by atoms with Crippen LogP contribution in [0.25, 0.3) is 16.2 Å². The lowest BCUT2D eigenvalue weighted by Gasteiger charge is -2.11. The number of imidazole rings is 1. The Hall–Kier alpha value is -3.52. The molecule has 0 bridgehead atoms. The second-order valence-corrected chi connectivity index (χ2v) is 7.84. The summed E-state index contributed by atoms with van der Waals surface area (Å²) in [6.07, 6.45) is 2.13. The molecule has 0 saturated heterocycles. The monoisotopic (exact) mass is 437 g/mol. The van der Waals surface area contributed by atoms with E-state index in [-0.39, 0.29) is 12.3 Å². The van der Waals surface area contributed by atoms with Crippen LogP contribution in [0.15, 0.2) is 48.0 Å². The minimum Gasteiger partial charge on any atom is -0.497 e. The number of thiazole rings is 1. The Morgan fingerprint density at radius 2 is 1.84 bits per heavy atom. The van der Waals surface area contributed by atoms with E-state index in [0.29, 0.717) is 17.2 Å². The zero-order chi connectivity index (χ0) is 22.0. The lowest BCUT2D eigenvalue weighted by molar-refractivity contribution is -0.115. The number of ether oxygens (including phenoxy) is 3. The molecule has 0 aliphatic rings. The largest absolute Gasteiger partial charge is 0.497 e. The number of carbonyl (C=O) groups is 1. The van der Waals surface area contributed by atoms with Crippen LogP contribution in [0.4, 0.5) is 5.69 Å². The predicted molar refractivity (Wildman–Crippen MR) is 122 cm³/mol. The number of aromatic nitrogens is 2. The van der Waals surface area contributed by atoms with Gasteiger partial charge in [-0.25, -0.2) is 4.98 Å². The molecule has 0 radical (unpaired) electrons. The number of rotatable bonds is 7. The fourth-order valence-electron chi connectivity index (χ4n) is 3.38. The summed E-state index contributed by atoms with van der Waals surface area (Å²) in [7, 11) is 4.83. The van der Waals surface area contributed by atoms with Gasteiger partial charge in [-0.2, -0.15) is 0 Å². The zero-order valence-corrected chi connectivity index (χ0v) is 18.6. The molecular formula is C23H23N3O4S. The molecule has 4 rings (SSSR count). The molecule has 1 amide bonds. The molecule has 31 heavy (non-hydrogen) atoms. The van der Waals surface area contributed by atoms with Gasteiger partial charge in [0.05, 0.1) is 39.1 Å². The number of nitrogens with one attached hydrogen (secondary N) is 1. The van der Waals surface area contributed by atoms with Crippen molar-refractivity contribution in [2.24, 2.45) is 0 Å². The number of carbonyl (C=O) groups excluding carboxylic acids is 1. The normalized spacial score (nSPS) is 10.8. The van der Waals surface area contributed by atoms with Crippen LogP contribution in [0.1, 0.15) is 11.3 Å². The molecule has 8 heteroatoms. The summed E-state index contributed by atoms with van der Waals surface area (Å²) in [5, 5.41) is 4.89. The minimum absolute atomic E-state index is 0.127. The Morgan fingerprint density at radius 1 is 1.06 bits per heavy atom. The van der Waals surface area contributed by atoms with E-state index in [2.05, 4.69) is 5.32 Å². The van der Waals surface area contributed by atoms with E-state index in [1.807, 2.05) is 59.3 Å². The van der Waals surface area contributed by atoms with Gasteiger partial charge in [-0.1, -0.05) is 6.07 Å². The van der Waals surface area contributed by atoms with Gasteiger partial charge in [0.15, 0.2) is 4.96 Å². The highest BCUT2D eigenvalue weighted by atomic mass is 32.1. The van der Waals surface area contributed by atoms with E-state index >= 15 is 0 Å². The van der Waals surface area contributed by atoms with Crippen molar-refractivity contribution in [2.75, 3.05) is 26.6 Å². The number of methoxy groups -OCH3 is 3. The van der Waals surface area contributed by atoms with Crippen molar-refractivity contribution in [3.8, 4) is 28.5 Å². The number of benzene rings is 2. The summed E-state index contributed by atoms with van der Waals surface area (Å²) >= 11 is 1.49. The van der Waals surface area contributed by atoms with Gasteiger partial charge < -0.3 is 19.5 Å². The Balaban J connectivity index is 1.60. The van der Waals surface area contributed by atoms with E-state index in [0.717, 1.165) is 33.2 Å². The topological polar surface area (TPSA) is 74.1 Å². The summed E-state index contributed by atoms with van der Waals surface area (Å²) in [5.74, 6) is 1.93. The lowest BCUT2D eigenvalue weighted by Crippen LogP contribution is -2.16. The van der Waals surface area contributed by atoms with Crippen LogP contribution in [0.2, 0.25) is 0 Å². The maximum absolute atomic E-state index is 12.7. The van der Waals surface area contributed by atoms with E-state index in [1.54, 1.807) is 21.3 Å². The van der Waals surface area contributed by atoms with E-state index < -0.39 is 0 Å². The zero-order valence-electron chi connectivity index (χ0n) is 17.8. The second-order valence-electron chi connectivity index (χ2n) is 7.00. The molecule has 4 aromatic rings. The number of hydrogen-bond donors (Lipinski definition) is 1. The summed E-state index contributed by atoms with van der Waals surface area (Å²) in [6.45, 7) is 1.97. The standard InChI is InChI=1S/C23H23N3O4S/c1-14-5-7-21(30-4)18(9-14)24-22(27)10-15-13-31-23-25-19(12-26(15)23)17-11-16(28-2)6-8-20(17)29-3/h5-9,11-13H,10H2,1-4H3,(H,24,27). The molecule has 2 aromatic carbocycles. The summed E-state index contributed by atoms with van der Waals surface area (Å²) in [5.41, 5.74) is 4.14. The van der Waals surface area contributed by atoms with Crippen molar-refractivity contribution in [1.82, 2.24) is 9.38 Å². The highest BCUT2D eigenvalue weighted by Crippen LogP contribution is 2.34. The number of nitrogens with zero attached hydrogens (tertiary/aromatic N) is 2. The van der Waals surface area contributed by atoms with Gasteiger partial charge in [0, 0.05) is 22.8 Å². The third-order valence-electron chi connectivity index (χ3n) is 4.94. The Morgan fingerprint density at radius 3 is 2.58 bits per heavy atom. The Kier molecular flexibility index (Phi) is 5.81. The van der Waals surface area contributed by atoms with Crippen molar-refractivity contribution < 1.29 is 19.0 Å². The first-order chi connectivity index (χ1) is 15.0. The maximum atomic E-state index is 12.7. The van der Waals surface area contributed by atoms with Crippen LogP contribution in [0.5, 0.6) is 17.2 Å². The molecule has 2 aromatic heterocycles. The predicted octanol–water partition coefficient (Wildman–Crippen LogP) is 4.58. The summed E-state index contributed by atoms with van der Waals surface area (Å²) < 4.78 is 18.1. The molecular weight excluding hydrogens is 414 g/mol. The fraction of sp³-hybridized carbons (Fsp3) is 0.217. The van der Waals surface area contributed by atoms with Gasteiger partial charge in [-0.15, -0.1) is 11.3 Å². The molecule has 160 valence electrons. The molecule has 0 spiro atoms. The van der Waals surface area contributed by atoms with Crippen LogP contribution in [0, 0.1) is 6.92 Å². The SMILES string of the molecule is COc1ccc(OC)c(-c2cn3c(CC(=O)Nc4cc(C)ccc4OC)csc3n2)c1. The fourth-order valence-corrected chi connectivity index (χ4v) is 4.25. The van der Waals surface area contributed by atoms with Crippen molar-refractivity contribution in [3.63, 3.8) is 0 Å². The number of hydrogen-bond acceptors (Lipinski definition) is 6. The highest BCUT2D eigenvalue weighted by Gasteiger charge is 2.16. The number of fused-ring (bicyclic) bond motifs is 1. The summed E-state index contributed by atoms with van der Waals surface area (Å²) in [4.78, 5) is 18.2. The average Bonchev–Trinajstić information content (AvgIpc) is 3.35. The number of amides is 1. The smallest absolute Gasteiger partial charge is 0.230 e. The first-order valence-electron chi connectivity index (χ1n) is 9.64. The van der Waals surface area contributed by atoms with Crippen molar-refractivity contribution in [3.05, 3.63) is 59.2 Å². The van der Waals surface area contributed by atoms with E-state index in [9.17, 15) is 4.79 Å².